The zero-order chi connectivity index (χ0) is 33.3. The van der Waals surface area contributed by atoms with E-state index in [-0.39, 0.29) is 6.71 Å². The maximum Gasteiger partial charge on any atom is 0.247 e. The van der Waals surface area contributed by atoms with Crippen molar-refractivity contribution < 1.29 is 0 Å². The van der Waals surface area contributed by atoms with Crippen LogP contribution in [-0.4, -0.2) is 6.71 Å². The van der Waals surface area contributed by atoms with Crippen LogP contribution in [0.3, 0.4) is 0 Å². The van der Waals surface area contributed by atoms with Gasteiger partial charge in [0.1, 0.15) is 0 Å². The number of hydrogen-bond acceptors (Lipinski definition) is 2. The van der Waals surface area contributed by atoms with Gasteiger partial charge in [-0.1, -0.05) is 176 Å². The second kappa shape index (κ2) is 11.8. The first-order chi connectivity index (χ1) is 24.6. The average molecular weight is 673 g/mol. The number of fused-ring (bicyclic) bond motifs is 6. The summed E-state index contributed by atoms with van der Waals surface area (Å²) in [4.78, 5) is 5.48. The van der Waals surface area contributed by atoms with Crippen molar-refractivity contribution in [3.63, 3.8) is 0 Å². The third-order valence-corrected chi connectivity index (χ3v) is 12.8. The SMILES string of the molecule is CC(C)c1cc(-c2cc3c4c(c2)Sc2ccccc2B4c2ccccc2S3)cc(-c2c3ccccc3c(-c3ccccc3)c3ccccc23)c1. The van der Waals surface area contributed by atoms with Gasteiger partial charge in [-0.15, -0.1) is 0 Å². The van der Waals surface area contributed by atoms with Crippen LogP contribution in [0.5, 0.6) is 0 Å². The number of benzene rings is 8. The first kappa shape index (κ1) is 29.9. The molecular weight excluding hydrogens is 639 g/mol. The second-order valence-electron chi connectivity index (χ2n) is 13.8. The van der Waals surface area contributed by atoms with E-state index in [0.29, 0.717) is 5.92 Å². The van der Waals surface area contributed by atoms with E-state index < -0.39 is 0 Å². The first-order valence-electron chi connectivity index (χ1n) is 17.5. The van der Waals surface area contributed by atoms with Crippen molar-refractivity contribution in [3.8, 4) is 33.4 Å². The summed E-state index contributed by atoms with van der Waals surface area (Å²) in [7, 11) is 0. The molecule has 0 saturated heterocycles. The molecule has 236 valence electrons. The Balaban J connectivity index is 1.22. The topological polar surface area (TPSA) is 0 Å². The van der Waals surface area contributed by atoms with Crippen LogP contribution >= 0.6 is 23.5 Å². The monoisotopic (exact) mass is 672 g/mol. The summed E-state index contributed by atoms with van der Waals surface area (Å²) in [6.07, 6.45) is 0. The first-order valence-corrected chi connectivity index (χ1v) is 19.1. The lowest BCUT2D eigenvalue weighted by atomic mass is 9.36. The van der Waals surface area contributed by atoms with Gasteiger partial charge in [-0.05, 0) is 102 Å². The Hall–Kier alpha value is -4.96. The maximum atomic E-state index is 2.47. The highest BCUT2D eigenvalue weighted by Gasteiger charge is 2.38. The molecule has 2 heterocycles. The van der Waals surface area contributed by atoms with Crippen LogP contribution in [0.15, 0.2) is 177 Å². The van der Waals surface area contributed by atoms with E-state index in [2.05, 4.69) is 172 Å². The minimum atomic E-state index is 0.266. The molecule has 0 spiro atoms. The number of rotatable bonds is 4. The molecule has 2 aliphatic heterocycles. The summed E-state index contributed by atoms with van der Waals surface area (Å²) < 4.78 is 0. The second-order valence-corrected chi connectivity index (χ2v) is 16.0. The standard InChI is InChI=1S/C47H33BS2/c1-29(2)31-24-32(33-27-43-47-44(28-33)50-42-23-13-11-21-40(42)48(47)39-20-10-12-22-41(39)49-43)26-34(25-31)46-37-18-8-6-16-35(37)45(30-14-4-3-5-15-30)36-17-7-9-19-38(36)46/h3-29H,1-2H3. The van der Waals surface area contributed by atoms with Crippen molar-refractivity contribution in [1.82, 2.24) is 0 Å². The lowest BCUT2D eigenvalue weighted by Crippen LogP contribution is -2.57. The van der Waals surface area contributed by atoms with E-state index in [1.165, 1.54) is 96.5 Å². The van der Waals surface area contributed by atoms with Crippen molar-refractivity contribution in [2.45, 2.75) is 39.3 Å². The maximum absolute atomic E-state index is 2.47. The van der Waals surface area contributed by atoms with Crippen LogP contribution in [0, 0.1) is 0 Å². The van der Waals surface area contributed by atoms with Crippen LogP contribution in [0.4, 0.5) is 0 Å². The van der Waals surface area contributed by atoms with Crippen molar-refractivity contribution in [2.75, 3.05) is 0 Å². The highest BCUT2D eigenvalue weighted by atomic mass is 32.2. The molecule has 0 aliphatic carbocycles. The molecule has 10 rings (SSSR count). The van der Waals surface area contributed by atoms with Gasteiger partial charge in [-0.2, -0.15) is 0 Å². The molecule has 0 bridgehead atoms. The molecule has 8 aromatic rings. The van der Waals surface area contributed by atoms with Crippen LogP contribution in [0.1, 0.15) is 25.3 Å². The van der Waals surface area contributed by atoms with E-state index in [9.17, 15) is 0 Å². The van der Waals surface area contributed by atoms with Gasteiger partial charge in [-0.25, -0.2) is 0 Å². The molecule has 0 saturated carbocycles. The molecule has 0 fully saturated rings. The quantitative estimate of drug-likeness (QED) is 0.135. The molecule has 0 aromatic heterocycles. The van der Waals surface area contributed by atoms with Gasteiger partial charge >= 0.3 is 0 Å². The minimum Gasteiger partial charge on any atom is -0.0911 e. The summed E-state index contributed by atoms with van der Waals surface area (Å²) >= 11 is 3.87. The largest absolute Gasteiger partial charge is 0.247 e. The van der Waals surface area contributed by atoms with Gasteiger partial charge in [0.25, 0.3) is 0 Å². The van der Waals surface area contributed by atoms with Gasteiger partial charge in [0.15, 0.2) is 0 Å². The summed E-state index contributed by atoms with van der Waals surface area (Å²) in [5, 5.41) is 5.16. The summed E-state index contributed by atoms with van der Waals surface area (Å²) in [5.41, 5.74) is 13.4. The van der Waals surface area contributed by atoms with Crippen LogP contribution in [-0.2, 0) is 0 Å². The average Bonchev–Trinajstić information content (AvgIpc) is 3.16. The molecule has 0 atom stereocenters. The highest BCUT2D eigenvalue weighted by molar-refractivity contribution is 8.01. The van der Waals surface area contributed by atoms with E-state index in [0.717, 1.165) is 0 Å². The van der Waals surface area contributed by atoms with Gasteiger partial charge in [0.2, 0.25) is 6.71 Å². The molecule has 0 unspecified atom stereocenters. The third kappa shape index (κ3) is 4.71. The minimum absolute atomic E-state index is 0.266. The van der Waals surface area contributed by atoms with Crippen LogP contribution < -0.4 is 16.4 Å². The predicted octanol–water partition coefficient (Wildman–Crippen LogP) is 11.6. The zero-order valence-corrected chi connectivity index (χ0v) is 29.6. The molecular formula is C47H33BS2. The Morgan fingerprint density at radius 3 is 1.38 bits per heavy atom. The van der Waals surface area contributed by atoms with Gasteiger partial charge in [-0.3, -0.25) is 0 Å². The number of hydrogen-bond donors (Lipinski definition) is 0. The molecule has 8 aromatic carbocycles. The van der Waals surface area contributed by atoms with Gasteiger partial charge in [0.05, 0.1) is 0 Å². The highest BCUT2D eigenvalue weighted by Crippen LogP contribution is 2.46. The van der Waals surface area contributed by atoms with Crippen molar-refractivity contribution in [1.29, 1.82) is 0 Å². The fourth-order valence-corrected chi connectivity index (χ4v) is 10.7. The van der Waals surface area contributed by atoms with E-state index in [1.54, 1.807) is 0 Å². The van der Waals surface area contributed by atoms with E-state index >= 15 is 0 Å². The third-order valence-electron chi connectivity index (χ3n) is 10.5. The van der Waals surface area contributed by atoms with E-state index in [1.807, 2.05) is 23.5 Å². The molecule has 0 nitrogen and oxygen atoms in total. The fourth-order valence-electron chi connectivity index (χ4n) is 8.21. The fraction of sp³-hybridized carbons (Fsp3) is 0.0638. The van der Waals surface area contributed by atoms with E-state index in [4.69, 9.17) is 0 Å². The van der Waals surface area contributed by atoms with Crippen molar-refractivity contribution in [2.24, 2.45) is 0 Å². The lowest BCUT2D eigenvalue weighted by Gasteiger charge is -2.33. The summed E-state index contributed by atoms with van der Waals surface area (Å²) in [5.74, 6) is 0.387. The molecule has 2 aliphatic rings. The molecule has 3 heteroatoms. The Morgan fingerprint density at radius 2 is 0.840 bits per heavy atom. The van der Waals surface area contributed by atoms with Crippen LogP contribution in [0.2, 0.25) is 0 Å². The molecule has 0 amide bonds. The smallest absolute Gasteiger partial charge is 0.0911 e. The Bertz CT molecular complexity index is 2510. The summed E-state index contributed by atoms with van der Waals surface area (Å²) in [6, 6.07) is 59.1. The summed E-state index contributed by atoms with van der Waals surface area (Å²) in [6.45, 7) is 4.90. The Morgan fingerprint density at radius 1 is 0.400 bits per heavy atom. The van der Waals surface area contributed by atoms with Gasteiger partial charge in [0, 0.05) is 19.6 Å². The Labute approximate surface area is 302 Å². The van der Waals surface area contributed by atoms with Crippen LogP contribution in [0.25, 0.3) is 54.9 Å². The van der Waals surface area contributed by atoms with Crippen molar-refractivity contribution >= 4 is 68.2 Å². The molecule has 0 N–H and O–H groups in total. The normalized spacial score (nSPS) is 13.0. The zero-order valence-electron chi connectivity index (χ0n) is 28.0. The molecule has 50 heavy (non-hydrogen) atoms. The lowest BCUT2D eigenvalue weighted by molar-refractivity contribution is 0.867. The molecule has 0 radical (unpaired) electrons. The predicted molar refractivity (Wildman–Crippen MR) is 218 cm³/mol. The Kier molecular flexibility index (Phi) is 7.08. The van der Waals surface area contributed by atoms with Gasteiger partial charge < -0.3 is 0 Å². The van der Waals surface area contributed by atoms with Crippen molar-refractivity contribution in [3.05, 3.63) is 163 Å².